The van der Waals surface area contributed by atoms with Crippen molar-refractivity contribution in [2.24, 2.45) is 0 Å². The highest BCUT2D eigenvalue weighted by Gasteiger charge is 2.23. The lowest BCUT2D eigenvalue weighted by Crippen LogP contribution is -2.24. The molecular formula is C10H16N2O2S. The van der Waals surface area contributed by atoms with E-state index >= 15 is 0 Å². The van der Waals surface area contributed by atoms with Gasteiger partial charge in [-0.3, -0.25) is 0 Å². The summed E-state index contributed by atoms with van der Waals surface area (Å²) >= 11 is 0. The van der Waals surface area contributed by atoms with E-state index in [0.29, 0.717) is 11.3 Å². The van der Waals surface area contributed by atoms with Crippen molar-refractivity contribution >= 4 is 15.7 Å². The highest BCUT2D eigenvalue weighted by atomic mass is 32.2. The molecule has 0 saturated carbocycles. The number of hydrogen-bond acceptors (Lipinski definition) is 3. The maximum Gasteiger partial charge on any atom is 0.244 e. The number of anilines is 1. The summed E-state index contributed by atoms with van der Waals surface area (Å²) in [5, 5.41) is 0. The van der Waals surface area contributed by atoms with Gasteiger partial charge in [-0.25, -0.2) is 12.7 Å². The van der Waals surface area contributed by atoms with Gasteiger partial charge in [0.1, 0.15) is 4.90 Å². The maximum absolute atomic E-state index is 12.0. The number of hydrogen-bond donors (Lipinski definition) is 1. The van der Waals surface area contributed by atoms with Crippen molar-refractivity contribution in [1.29, 1.82) is 0 Å². The average molecular weight is 228 g/mol. The van der Waals surface area contributed by atoms with E-state index < -0.39 is 10.0 Å². The minimum Gasteiger partial charge on any atom is -0.397 e. The van der Waals surface area contributed by atoms with Gasteiger partial charge in [0.2, 0.25) is 10.0 Å². The maximum atomic E-state index is 12.0. The lowest BCUT2D eigenvalue weighted by Gasteiger charge is -2.16. The largest absolute Gasteiger partial charge is 0.397 e. The van der Waals surface area contributed by atoms with Gasteiger partial charge in [-0.15, -0.1) is 0 Å². The number of nitrogens with zero attached hydrogens (tertiary/aromatic N) is 1. The molecule has 0 aliphatic rings. The second-order valence-corrected chi connectivity index (χ2v) is 5.82. The molecule has 0 aliphatic heterocycles. The Kier molecular flexibility index (Phi) is 3.06. The van der Waals surface area contributed by atoms with Gasteiger partial charge in [0.25, 0.3) is 0 Å². The smallest absolute Gasteiger partial charge is 0.244 e. The van der Waals surface area contributed by atoms with E-state index in [0.717, 1.165) is 5.56 Å². The first-order chi connectivity index (χ1) is 6.78. The standard InChI is InChI=1S/C10H16N2O2S/c1-7-5-6-8(2)10(9(7)11)15(13,14)12(3)4/h5-6H,11H2,1-4H3. The summed E-state index contributed by atoms with van der Waals surface area (Å²) in [6.07, 6.45) is 0. The lowest BCUT2D eigenvalue weighted by atomic mass is 10.1. The van der Waals surface area contributed by atoms with E-state index in [9.17, 15) is 8.42 Å². The summed E-state index contributed by atoms with van der Waals surface area (Å²) in [6, 6.07) is 3.58. The predicted octanol–water partition coefficient (Wildman–Crippen LogP) is 1.14. The zero-order valence-electron chi connectivity index (χ0n) is 9.40. The number of sulfonamides is 1. The summed E-state index contributed by atoms with van der Waals surface area (Å²) in [5.41, 5.74) is 7.59. The topological polar surface area (TPSA) is 63.4 Å². The van der Waals surface area contributed by atoms with Crippen LogP contribution in [0.25, 0.3) is 0 Å². The van der Waals surface area contributed by atoms with Gasteiger partial charge in [-0.1, -0.05) is 12.1 Å². The third kappa shape index (κ3) is 1.98. The van der Waals surface area contributed by atoms with Crippen LogP contribution in [-0.4, -0.2) is 26.8 Å². The van der Waals surface area contributed by atoms with Crippen molar-refractivity contribution in [1.82, 2.24) is 4.31 Å². The van der Waals surface area contributed by atoms with Gasteiger partial charge >= 0.3 is 0 Å². The van der Waals surface area contributed by atoms with E-state index in [1.54, 1.807) is 19.9 Å². The van der Waals surface area contributed by atoms with Crippen LogP contribution in [0.2, 0.25) is 0 Å². The van der Waals surface area contributed by atoms with E-state index in [1.807, 2.05) is 6.07 Å². The molecule has 0 aromatic heterocycles. The molecule has 0 fully saturated rings. The second kappa shape index (κ2) is 3.83. The third-order valence-electron chi connectivity index (χ3n) is 2.35. The molecule has 0 heterocycles. The number of rotatable bonds is 2. The van der Waals surface area contributed by atoms with Crippen molar-refractivity contribution in [2.75, 3.05) is 19.8 Å². The first-order valence-corrected chi connectivity index (χ1v) is 6.00. The number of nitrogens with two attached hydrogens (primary N) is 1. The molecule has 1 aromatic rings. The second-order valence-electron chi connectivity index (χ2n) is 3.73. The van der Waals surface area contributed by atoms with Crippen LogP contribution >= 0.6 is 0 Å². The molecule has 4 nitrogen and oxygen atoms in total. The van der Waals surface area contributed by atoms with Crippen LogP contribution in [0, 0.1) is 13.8 Å². The molecule has 0 aliphatic carbocycles. The summed E-state index contributed by atoms with van der Waals surface area (Å²) < 4.78 is 25.1. The van der Waals surface area contributed by atoms with Crippen LogP contribution in [0.4, 0.5) is 5.69 Å². The Bertz CT molecular complexity index is 478. The highest BCUT2D eigenvalue weighted by Crippen LogP contribution is 2.27. The van der Waals surface area contributed by atoms with Gasteiger partial charge in [0.15, 0.2) is 0 Å². The van der Waals surface area contributed by atoms with E-state index in [1.165, 1.54) is 18.4 Å². The highest BCUT2D eigenvalue weighted by molar-refractivity contribution is 7.89. The summed E-state index contributed by atoms with van der Waals surface area (Å²) in [6.45, 7) is 3.54. The number of nitrogen functional groups attached to an aromatic ring is 1. The van der Waals surface area contributed by atoms with Gasteiger partial charge in [-0.05, 0) is 25.0 Å². The molecular weight excluding hydrogens is 212 g/mol. The average Bonchev–Trinajstić information content (AvgIpc) is 2.11. The van der Waals surface area contributed by atoms with Crippen molar-refractivity contribution in [3.8, 4) is 0 Å². The number of benzene rings is 1. The Morgan fingerprint density at radius 3 is 2.07 bits per heavy atom. The molecule has 2 N–H and O–H groups in total. The SMILES string of the molecule is Cc1ccc(C)c(S(=O)(=O)N(C)C)c1N. The van der Waals surface area contributed by atoms with Crippen molar-refractivity contribution in [2.45, 2.75) is 18.7 Å². The normalized spacial score (nSPS) is 12.1. The first kappa shape index (κ1) is 12.0. The van der Waals surface area contributed by atoms with Crippen molar-refractivity contribution < 1.29 is 8.42 Å². The van der Waals surface area contributed by atoms with Crippen LogP contribution in [0.1, 0.15) is 11.1 Å². The zero-order chi connectivity index (χ0) is 11.8. The Balaban J connectivity index is 3.58. The minimum absolute atomic E-state index is 0.215. The van der Waals surface area contributed by atoms with Crippen molar-refractivity contribution in [3.05, 3.63) is 23.3 Å². The van der Waals surface area contributed by atoms with Crippen LogP contribution in [0.5, 0.6) is 0 Å². The Morgan fingerprint density at radius 2 is 1.60 bits per heavy atom. The molecule has 0 unspecified atom stereocenters. The third-order valence-corrected chi connectivity index (χ3v) is 4.37. The molecule has 0 saturated heterocycles. The molecule has 0 spiro atoms. The summed E-state index contributed by atoms with van der Waals surface area (Å²) in [5.74, 6) is 0. The van der Waals surface area contributed by atoms with Gasteiger partial charge in [0.05, 0.1) is 5.69 Å². The molecule has 0 atom stereocenters. The van der Waals surface area contributed by atoms with Crippen LogP contribution in [-0.2, 0) is 10.0 Å². The molecule has 5 heteroatoms. The van der Waals surface area contributed by atoms with Gasteiger partial charge < -0.3 is 5.73 Å². The molecule has 1 rings (SSSR count). The van der Waals surface area contributed by atoms with E-state index in [4.69, 9.17) is 5.73 Å². The fourth-order valence-electron chi connectivity index (χ4n) is 1.33. The van der Waals surface area contributed by atoms with Gasteiger partial charge in [-0.2, -0.15) is 0 Å². The van der Waals surface area contributed by atoms with Crippen LogP contribution in [0.15, 0.2) is 17.0 Å². The minimum atomic E-state index is -3.45. The molecule has 0 amide bonds. The fraction of sp³-hybridized carbons (Fsp3) is 0.400. The number of aryl methyl sites for hydroxylation is 2. The molecule has 0 radical (unpaired) electrons. The quantitative estimate of drug-likeness (QED) is 0.772. The fourth-order valence-corrected chi connectivity index (χ4v) is 2.61. The Morgan fingerprint density at radius 1 is 1.13 bits per heavy atom. The van der Waals surface area contributed by atoms with Crippen LogP contribution in [0.3, 0.4) is 0 Å². The molecule has 0 bridgehead atoms. The Labute approximate surface area is 90.8 Å². The summed E-state index contributed by atoms with van der Waals surface area (Å²) in [4.78, 5) is 0.215. The summed E-state index contributed by atoms with van der Waals surface area (Å²) in [7, 11) is -0.459. The monoisotopic (exact) mass is 228 g/mol. The van der Waals surface area contributed by atoms with Gasteiger partial charge in [0, 0.05) is 14.1 Å². The van der Waals surface area contributed by atoms with Crippen molar-refractivity contribution in [3.63, 3.8) is 0 Å². The lowest BCUT2D eigenvalue weighted by molar-refractivity contribution is 0.520. The zero-order valence-corrected chi connectivity index (χ0v) is 10.2. The molecule has 84 valence electrons. The predicted molar refractivity (Wildman–Crippen MR) is 61.2 cm³/mol. The molecule has 1 aromatic carbocycles. The first-order valence-electron chi connectivity index (χ1n) is 4.56. The van der Waals surface area contributed by atoms with E-state index in [-0.39, 0.29) is 4.90 Å². The Hall–Kier alpha value is -1.07. The molecule has 15 heavy (non-hydrogen) atoms. The van der Waals surface area contributed by atoms with Crippen LogP contribution < -0.4 is 5.73 Å². The van der Waals surface area contributed by atoms with E-state index in [2.05, 4.69) is 0 Å².